The fourth-order valence-electron chi connectivity index (χ4n) is 1.17. The molecule has 1 radical (unpaired) electrons. The van der Waals surface area contributed by atoms with Gasteiger partial charge in [-0.15, -0.1) is 11.8 Å². The molecule has 2 heteroatoms. The molecular weight excluding hydrogens is 180 g/mol. The minimum atomic E-state index is 0.505. The van der Waals surface area contributed by atoms with Crippen molar-refractivity contribution in [2.75, 3.05) is 6.26 Å². The summed E-state index contributed by atoms with van der Waals surface area (Å²) in [4.78, 5) is 1.20. The maximum absolute atomic E-state index is 8.93. The maximum Gasteiger partial charge on any atom is 0.109 e. The van der Waals surface area contributed by atoms with Crippen LogP contribution in [-0.2, 0) is 0 Å². The molecule has 0 bridgehead atoms. The van der Waals surface area contributed by atoms with Crippen molar-refractivity contribution >= 4 is 11.8 Å². The van der Waals surface area contributed by atoms with Crippen molar-refractivity contribution in [1.29, 1.82) is 0 Å². The van der Waals surface area contributed by atoms with E-state index in [0.29, 0.717) is 5.92 Å². The first-order valence-corrected chi connectivity index (χ1v) is 5.56. The van der Waals surface area contributed by atoms with Gasteiger partial charge < -0.3 is 5.11 Å². The van der Waals surface area contributed by atoms with Gasteiger partial charge in [0.1, 0.15) is 6.61 Å². The first-order chi connectivity index (χ1) is 6.17. The zero-order valence-electron chi connectivity index (χ0n) is 8.24. The highest BCUT2D eigenvalue weighted by Crippen LogP contribution is 2.24. The second kappa shape index (κ2) is 4.68. The Hall–Kier alpha value is -0.470. The molecule has 0 unspecified atom stereocenters. The molecule has 1 aromatic carbocycles. The molecule has 13 heavy (non-hydrogen) atoms. The van der Waals surface area contributed by atoms with E-state index in [1.165, 1.54) is 10.5 Å². The normalized spacial score (nSPS) is 10.8. The number of hydrogen-bond acceptors (Lipinski definition) is 2. The lowest BCUT2D eigenvalue weighted by atomic mass is 10.0. The van der Waals surface area contributed by atoms with Gasteiger partial charge in [0.25, 0.3) is 0 Å². The summed E-state index contributed by atoms with van der Waals surface area (Å²) in [7, 11) is 0. The van der Waals surface area contributed by atoms with Crippen molar-refractivity contribution in [3.05, 3.63) is 35.9 Å². The highest BCUT2D eigenvalue weighted by Gasteiger charge is 2.03. The number of aliphatic hydroxyl groups excluding tert-OH is 1. The van der Waals surface area contributed by atoms with Gasteiger partial charge in [0.15, 0.2) is 0 Å². The molecule has 0 aliphatic heterocycles. The standard InChI is InChI=1S/C11H15OS/c1-8(2)10-4-9(7-12)5-11(6-10)13-3/h4-8,12H,1-3H3. The van der Waals surface area contributed by atoms with E-state index < -0.39 is 0 Å². The lowest BCUT2D eigenvalue weighted by Crippen LogP contribution is -1.91. The average molecular weight is 195 g/mol. The van der Waals surface area contributed by atoms with Gasteiger partial charge in [0.2, 0.25) is 0 Å². The Morgan fingerprint density at radius 1 is 1.31 bits per heavy atom. The molecule has 0 spiro atoms. The summed E-state index contributed by atoms with van der Waals surface area (Å²) in [6.45, 7) is 5.47. The molecular formula is C11H15OS. The smallest absolute Gasteiger partial charge is 0.109 e. The van der Waals surface area contributed by atoms with Crippen LogP contribution in [-0.4, -0.2) is 11.4 Å². The van der Waals surface area contributed by atoms with Crippen molar-refractivity contribution in [2.24, 2.45) is 0 Å². The Morgan fingerprint density at radius 3 is 2.46 bits per heavy atom. The molecule has 0 saturated carbocycles. The van der Waals surface area contributed by atoms with Crippen molar-refractivity contribution < 1.29 is 5.11 Å². The lowest BCUT2D eigenvalue weighted by molar-refractivity contribution is 0.414. The quantitative estimate of drug-likeness (QED) is 0.746. The summed E-state index contributed by atoms with van der Waals surface area (Å²) in [5.41, 5.74) is 2.16. The minimum Gasteiger partial charge on any atom is -0.385 e. The molecule has 0 saturated heterocycles. The van der Waals surface area contributed by atoms with E-state index in [-0.39, 0.29) is 0 Å². The molecule has 0 atom stereocenters. The molecule has 0 aromatic heterocycles. The third kappa shape index (κ3) is 2.75. The predicted molar refractivity (Wildman–Crippen MR) is 57.6 cm³/mol. The van der Waals surface area contributed by atoms with Crippen LogP contribution in [0.25, 0.3) is 0 Å². The summed E-state index contributed by atoms with van der Waals surface area (Å²) in [5.74, 6) is 0.505. The fraction of sp³-hybridized carbons (Fsp3) is 0.364. The molecule has 0 fully saturated rings. The highest BCUT2D eigenvalue weighted by atomic mass is 32.2. The SMILES string of the molecule is CSc1cc([CH]O)cc(C(C)C)c1. The minimum absolute atomic E-state index is 0.505. The molecule has 0 aliphatic rings. The first kappa shape index (κ1) is 10.6. The Kier molecular flexibility index (Phi) is 3.82. The average Bonchev–Trinajstić information content (AvgIpc) is 2.16. The Morgan fingerprint density at radius 2 is 2.00 bits per heavy atom. The van der Waals surface area contributed by atoms with Crippen LogP contribution in [0.1, 0.15) is 30.9 Å². The van der Waals surface area contributed by atoms with Gasteiger partial charge in [0, 0.05) is 4.90 Å². The summed E-state index contributed by atoms with van der Waals surface area (Å²) in [5, 5.41) is 8.93. The Balaban J connectivity index is 3.07. The molecule has 0 amide bonds. The van der Waals surface area contributed by atoms with Crippen LogP contribution in [0.4, 0.5) is 0 Å². The summed E-state index contributed by atoms with van der Waals surface area (Å²) in [6, 6.07) is 6.17. The predicted octanol–water partition coefficient (Wildman–Crippen LogP) is 3.41. The maximum atomic E-state index is 8.93. The molecule has 1 rings (SSSR count). The van der Waals surface area contributed by atoms with E-state index in [2.05, 4.69) is 19.9 Å². The van der Waals surface area contributed by atoms with Crippen molar-refractivity contribution in [3.63, 3.8) is 0 Å². The zero-order chi connectivity index (χ0) is 9.84. The van der Waals surface area contributed by atoms with Crippen LogP contribution in [0.3, 0.4) is 0 Å². The second-order valence-electron chi connectivity index (χ2n) is 3.32. The molecule has 0 heterocycles. The van der Waals surface area contributed by atoms with E-state index in [9.17, 15) is 0 Å². The van der Waals surface area contributed by atoms with Gasteiger partial charge in [-0.25, -0.2) is 0 Å². The van der Waals surface area contributed by atoms with Crippen LogP contribution >= 0.6 is 11.8 Å². The van der Waals surface area contributed by atoms with Gasteiger partial charge in [-0.05, 0) is 35.4 Å². The third-order valence-corrected chi connectivity index (χ3v) is 2.71. The summed E-state index contributed by atoms with van der Waals surface area (Å²) < 4.78 is 0. The van der Waals surface area contributed by atoms with Crippen LogP contribution in [0.15, 0.2) is 23.1 Å². The van der Waals surface area contributed by atoms with Gasteiger partial charge in [-0.2, -0.15) is 0 Å². The topological polar surface area (TPSA) is 20.2 Å². The number of benzene rings is 1. The van der Waals surface area contributed by atoms with Crippen molar-refractivity contribution in [2.45, 2.75) is 24.7 Å². The second-order valence-corrected chi connectivity index (χ2v) is 4.20. The summed E-state index contributed by atoms with van der Waals surface area (Å²) in [6.07, 6.45) is 2.04. The van der Waals surface area contributed by atoms with Gasteiger partial charge in [-0.3, -0.25) is 0 Å². The Bertz CT molecular complexity index is 259. The molecule has 71 valence electrons. The largest absolute Gasteiger partial charge is 0.385 e. The zero-order valence-corrected chi connectivity index (χ0v) is 9.06. The lowest BCUT2D eigenvalue weighted by Gasteiger charge is -2.09. The van der Waals surface area contributed by atoms with Crippen LogP contribution in [0, 0.1) is 6.61 Å². The number of rotatable bonds is 3. The number of aliphatic hydroxyl groups is 1. The van der Waals surface area contributed by atoms with Crippen LogP contribution < -0.4 is 0 Å². The third-order valence-electron chi connectivity index (χ3n) is 2.00. The van der Waals surface area contributed by atoms with E-state index in [4.69, 9.17) is 5.11 Å². The van der Waals surface area contributed by atoms with Crippen molar-refractivity contribution in [1.82, 2.24) is 0 Å². The molecule has 0 aliphatic carbocycles. The first-order valence-electron chi connectivity index (χ1n) is 4.33. The molecule has 1 nitrogen and oxygen atoms in total. The monoisotopic (exact) mass is 195 g/mol. The van der Waals surface area contributed by atoms with Crippen molar-refractivity contribution in [3.8, 4) is 0 Å². The molecule has 1 N–H and O–H groups in total. The Labute approximate surface area is 84.2 Å². The highest BCUT2D eigenvalue weighted by molar-refractivity contribution is 7.98. The van der Waals surface area contributed by atoms with Crippen LogP contribution in [0.2, 0.25) is 0 Å². The van der Waals surface area contributed by atoms with Gasteiger partial charge in [0.05, 0.1) is 0 Å². The van der Waals surface area contributed by atoms with Gasteiger partial charge in [-0.1, -0.05) is 19.9 Å². The summed E-state index contributed by atoms with van der Waals surface area (Å²) >= 11 is 1.70. The number of hydrogen-bond donors (Lipinski definition) is 1. The van der Waals surface area contributed by atoms with E-state index in [1.54, 1.807) is 11.8 Å². The number of thioether (sulfide) groups is 1. The van der Waals surface area contributed by atoms with E-state index >= 15 is 0 Å². The van der Waals surface area contributed by atoms with Gasteiger partial charge >= 0.3 is 0 Å². The van der Waals surface area contributed by atoms with Crippen LogP contribution in [0.5, 0.6) is 0 Å². The fourth-order valence-corrected chi connectivity index (χ4v) is 1.68. The van der Waals surface area contributed by atoms with E-state index in [0.717, 1.165) is 12.2 Å². The van der Waals surface area contributed by atoms with E-state index in [1.807, 2.05) is 18.4 Å². The molecule has 1 aromatic rings.